The molecule has 0 N–H and O–H groups in total. The molecule has 2 atom stereocenters. The number of rotatable bonds is 8. The van der Waals surface area contributed by atoms with E-state index in [1.807, 2.05) is 13.8 Å². The molecular weight excluding hydrogens is 300 g/mol. The van der Waals surface area contributed by atoms with Crippen LogP contribution < -0.4 is 0 Å². The number of hydrogen-bond acceptors (Lipinski definition) is 6. The zero-order valence-corrected chi connectivity index (χ0v) is 14.0. The van der Waals surface area contributed by atoms with Crippen molar-refractivity contribution in [2.24, 2.45) is 5.92 Å². The molecule has 2 unspecified atom stereocenters. The Hall–Kier alpha value is -1.85. The molecule has 1 saturated carbocycles. The van der Waals surface area contributed by atoms with Gasteiger partial charge in [-0.1, -0.05) is 26.8 Å². The van der Waals surface area contributed by atoms with E-state index in [-0.39, 0.29) is 19.6 Å². The molecule has 1 rings (SSSR count). The summed E-state index contributed by atoms with van der Waals surface area (Å²) in [6.45, 7) is 7.58. The van der Waals surface area contributed by atoms with Gasteiger partial charge in [0.15, 0.2) is 0 Å². The summed E-state index contributed by atoms with van der Waals surface area (Å²) in [6.07, 6.45) is 4.41. The van der Waals surface area contributed by atoms with Gasteiger partial charge < -0.3 is 14.2 Å². The van der Waals surface area contributed by atoms with Crippen molar-refractivity contribution in [1.29, 1.82) is 0 Å². The fraction of sp³-hybridized carbons (Fsp3) is 0.706. The van der Waals surface area contributed by atoms with E-state index in [0.29, 0.717) is 25.7 Å². The minimum absolute atomic E-state index is 0.211. The van der Waals surface area contributed by atoms with Crippen LogP contribution in [-0.2, 0) is 28.6 Å². The van der Waals surface area contributed by atoms with Crippen molar-refractivity contribution in [2.45, 2.75) is 58.0 Å². The van der Waals surface area contributed by atoms with Gasteiger partial charge in [-0.3, -0.25) is 4.79 Å². The standard InChI is InChI=1S/C17H26O6/c1-4-11-21-15(19)13-9-7-8-10-17(13,23-14(18)6-3)16(20)22-12-5-2/h6,13H,3-5,7-12H2,1-2H3. The van der Waals surface area contributed by atoms with E-state index in [9.17, 15) is 14.4 Å². The van der Waals surface area contributed by atoms with Crippen LogP contribution in [-0.4, -0.2) is 36.7 Å². The summed E-state index contributed by atoms with van der Waals surface area (Å²) in [5.41, 5.74) is -1.61. The lowest BCUT2D eigenvalue weighted by Gasteiger charge is -2.39. The van der Waals surface area contributed by atoms with Crippen molar-refractivity contribution in [3.8, 4) is 0 Å². The average molecular weight is 326 g/mol. The molecule has 0 aliphatic heterocycles. The van der Waals surface area contributed by atoms with Gasteiger partial charge in [-0.2, -0.15) is 0 Å². The molecule has 0 spiro atoms. The van der Waals surface area contributed by atoms with E-state index in [0.717, 1.165) is 12.5 Å². The summed E-state index contributed by atoms with van der Waals surface area (Å²) in [5.74, 6) is -2.77. The number of carbonyl (C=O) groups excluding carboxylic acids is 3. The maximum atomic E-state index is 12.6. The van der Waals surface area contributed by atoms with E-state index in [1.54, 1.807) is 0 Å². The largest absolute Gasteiger partial charge is 0.465 e. The molecule has 6 nitrogen and oxygen atoms in total. The van der Waals surface area contributed by atoms with Gasteiger partial charge in [-0.25, -0.2) is 9.59 Å². The molecule has 0 aromatic rings. The van der Waals surface area contributed by atoms with E-state index in [2.05, 4.69) is 6.58 Å². The lowest BCUT2D eigenvalue weighted by atomic mass is 9.75. The van der Waals surface area contributed by atoms with E-state index >= 15 is 0 Å². The number of hydrogen-bond donors (Lipinski definition) is 0. The highest BCUT2D eigenvalue weighted by Crippen LogP contribution is 2.39. The Morgan fingerprint density at radius 1 is 1.13 bits per heavy atom. The Balaban J connectivity index is 3.08. The van der Waals surface area contributed by atoms with Crippen LogP contribution in [0.15, 0.2) is 12.7 Å². The molecule has 130 valence electrons. The van der Waals surface area contributed by atoms with Gasteiger partial charge in [0.25, 0.3) is 0 Å². The van der Waals surface area contributed by atoms with Crippen LogP contribution in [0.25, 0.3) is 0 Å². The highest BCUT2D eigenvalue weighted by Gasteiger charge is 2.55. The van der Waals surface area contributed by atoms with Gasteiger partial charge in [-0.05, 0) is 32.1 Å². The van der Waals surface area contributed by atoms with E-state index < -0.39 is 29.4 Å². The third-order valence-corrected chi connectivity index (χ3v) is 3.82. The molecule has 1 fully saturated rings. The molecule has 0 radical (unpaired) electrons. The molecule has 0 amide bonds. The maximum Gasteiger partial charge on any atom is 0.351 e. The first kappa shape index (κ1) is 19.2. The fourth-order valence-electron chi connectivity index (χ4n) is 2.70. The Kier molecular flexibility index (Phi) is 7.78. The van der Waals surface area contributed by atoms with Crippen LogP contribution in [0.2, 0.25) is 0 Å². The Morgan fingerprint density at radius 2 is 1.78 bits per heavy atom. The summed E-state index contributed by atoms with van der Waals surface area (Å²) in [5, 5.41) is 0. The molecule has 1 aliphatic carbocycles. The van der Waals surface area contributed by atoms with Crippen LogP contribution in [0.1, 0.15) is 52.4 Å². The molecule has 6 heteroatoms. The highest BCUT2D eigenvalue weighted by atomic mass is 16.6. The molecule has 1 aliphatic rings. The molecule has 23 heavy (non-hydrogen) atoms. The predicted molar refractivity (Wildman–Crippen MR) is 83.5 cm³/mol. The second kappa shape index (κ2) is 9.33. The van der Waals surface area contributed by atoms with Gasteiger partial charge in [0, 0.05) is 6.08 Å². The summed E-state index contributed by atoms with van der Waals surface area (Å²) >= 11 is 0. The first-order chi connectivity index (χ1) is 11.0. The smallest absolute Gasteiger partial charge is 0.351 e. The van der Waals surface area contributed by atoms with Crippen LogP contribution in [0.3, 0.4) is 0 Å². The first-order valence-electron chi connectivity index (χ1n) is 8.21. The molecule has 0 heterocycles. The lowest BCUT2D eigenvalue weighted by Crippen LogP contribution is -2.55. The maximum absolute atomic E-state index is 12.6. The Bertz CT molecular complexity index is 444. The van der Waals surface area contributed by atoms with E-state index in [4.69, 9.17) is 14.2 Å². The third kappa shape index (κ3) is 4.81. The summed E-state index contributed by atoms with van der Waals surface area (Å²) < 4.78 is 15.8. The molecule has 0 aromatic heterocycles. The topological polar surface area (TPSA) is 78.9 Å². The minimum atomic E-state index is -1.61. The Morgan fingerprint density at radius 3 is 2.39 bits per heavy atom. The summed E-state index contributed by atoms with van der Waals surface area (Å²) in [7, 11) is 0. The van der Waals surface area contributed by atoms with E-state index in [1.165, 1.54) is 0 Å². The number of esters is 3. The van der Waals surface area contributed by atoms with Crippen LogP contribution >= 0.6 is 0 Å². The van der Waals surface area contributed by atoms with Crippen molar-refractivity contribution < 1.29 is 28.6 Å². The minimum Gasteiger partial charge on any atom is -0.465 e. The second-order valence-electron chi connectivity index (χ2n) is 5.62. The zero-order valence-electron chi connectivity index (χ0n) is 14.0. The number of ether oxygens (including phenoxy) is 3. The predicted octanol–water partition coefficient (Wildman–Crippen LogP) is 2.55. The fourth-order valence-corrected chi connectivity index (χ4v) is 2.70. The van der Waals surface area contributed by atoms with Crippen LogP contribution in [0.4, 0.5) is 0 Å². The van der Waals surface area contributed by atoms with Crippen molar-refractivity contribution in [2.75, 3.05) is 13.2 Å². The second-order valence-corrected chi connectivity index (χ2v) is 5.62. The highest BCUT2D eigenvalue weighted by molar-refractivity contribution is 5.92. The SMILES string of the molecule is C=CC(=O)OC1(C(=O)OCCC)CCCCC1C(=O)OCCC. The first-order valence-corrected chi connectivity index (χ1v) is 8.21. The summed E-state index contributed by atoms with van der Waals surface area (Å²) in [6, 6.07) is 0. The lowest BCUT2D eigenvalue weighted by molar-refractivity contribution is -0.198. The third-order valence-electron chi connectivity index (χ3n) is 3.82. The average Bonchev–Trinajstić information content (AvgIpc) is 2.57. The molecular formula is C17H26O6. The van der Waals surface area contributed by atoms with Gasteiger partial charge in [0.2, 0.25) is 5.60 Å². The molecule has 0 saturated heterocycles. The van der Waals surface area contributed by atoms with Crippen molar-refractivity contribution in [3.63, 3.8) is 0 Å². The van der Waals surface area contributed by atoms with Gasteiger partial charge in [0.05, 0.1) is 13.2 Å². The quantitative estimate of drug-likeness (QED) is 0.387. The van der Waals surface area contributed by atoms with Crippen molar-refractivity contribution in [3.05, 3.63) is 12.7 Å². The van der Waals surface area contributed by atoms with Crippen LogP contribution in [0.5, 0.6) is 0 Å². The van der Waals surface area contributed by atoms with Crippen LogP contribution in [0, 0.1) is 5.92 Å². The van der Waals surface area contributed by atoms with Gasteiger partial charge in [-0.15, -0.1) is 0 Å². The van der Waals surface area contributed by atoms with Gasteiger partial charge in [0.1, 0.15) is 5.92 Å². The van der Waals surface area contributed by atoms with Crippen molar-refractivity contribution >= 4 is 17.9 Å². The number of carbonyl (C=O) groups is 3. The summed E-state index contributed by atoms with van der Waals surface area (Å²) in [4.78, 5) is 36.7. The Labute approximate surface area is 137 Å². The molecule has 0 bridgehead atoms. The van der Waals surface area contributed by atoms with Crippen molar-refractivity contribution in [1.82, 2.24) is 0 Å². The zero-order chi connectivity index (χ0) is 17.3. The monoisotopic (exact) mass is 326 g/mol. The normalized spacial score (nSPS) is 23.7. The van der Waals surface area contributed by atoms with Gasteiger partial charge >= 0.3 is 17.9 Å². The molecule has 0 aromatic carbocycles.